The van der Waals surface area contributed by atoms with Crippen molar-refractivity contribution < 1.29 is 0 Å². The van der Waals surface area contributed by atoms with E-state index in [1.165, 1.54) is 38.9 Å². The molecule has 0 aromatic heterocycles. The van der Waals surface area contributed by atoms with E-state index in [1.54, 1.807) is 0 Å². The highest BCUT2D eigenvalue weighted by atomic mass is 15.4. The third-order valence-corrected chi connectivity index (χ3v) is 7.34. The zero-order chi connectivity index (χ0) is 19.9. The molecular formula is C22H46N4. The molecule has 0 aromatic rings. The molecule has 2 aliphatic heterocycles. The third kappa shape index (κ3) is 4.81. The summed E-state index contributed by atoms with van der Waals surface area (Å²) < 4.78 is 0. The maximum Gasteiger partial charge on any atom is 0.0506 e. The van der Waals surface area contributed by atoms with Gasteiger partial charge in [-0.1, -0.05) is 27.7 Å². The first kappa shape index (κ1) is 22.1. The normalized spacial score (nSPS) is 34.3. The zero-order valence-corrected chi connectivity index (χ0v) is 19.4. The smallest absolute Gasteiger partial charge is 0.0506 e. The summed E-state index contributed by atoms with van der Waals surface area (Å²) in [7, 11) is 9.26. The molecule has 0 saturated carbocycles. The Hall–Kier alpha value is -0.160. The quantitative estimate of drug-likeness (QED) is 0.742. The van der Waals surface area contributed by atoms with E-state index in [-0.39, 0.29) is 5.54 Å². The molecule has 2 heterocycles. The molecule has 0 N–H and O–H groups in total. The first-order chi connectivity index (χ1) is 11.8. The molecule has 0 bridgehead atoms. The highest BCUT2D eigenvalue weighted by molar-refractivity contribution is 5.01. The molecule has 2 aliphatic rings. The van der Waals surface area contributed by atoms with Gasteiger partial charge in [-0.05, 0) is 78.7 Å². The predicted octanol–water partition coefficient (Wildman–Crippen LogP) is 3.44. The van der Waals surface area contributed by atoms with Crippen LogP contribution in [-0.4, -0.2) is 91.7 Å². The molecule has 4 nitrogen and oxygen atoms in total. The van der Waals surface area contributed by atoms with Gasteiger partial charge in [0, 0.05) is 30.7 Å². The van der Waals surface area contributed by atoms with E-state index in [9.17, 15) is 0 Å². The minimum atomic E-state index is 0.180. The molecule has 0 radical (unpaired) electrons. The van der Waals surface area contributed by atoms with Gasteiger partial charge in [0.05, 0.1) is 6.67 Å². The number of hydrogen-bond acceptors (Lipinski definition) is 4. The van der Waals surface area contributed by atoms with E-state index in [1.807, 2.05) is 0 Å². The molecule has 26 heavy (non-hydrogen) atoms. The minimum Gasteiger partial charge on any atom is -0.306 e. The van der Waals surface area contributed by atoms with Crippen molar-refractivity contribution in [2.24, 2.45) is 10.8 Å². The molecule has 2 rings (SSSR count). The second-order valence-electron chi connectivity index (χ2n) is 11.4. The Balaban J connectivity index is 2.30. The Morgan fingerprint density at radius 3 is 1.96 bits per heavy atom. The lowest BCUT2D eigenvalue weighted by Crippen LogP contribution is -2.61. The van der Waals surface area contributed by atoms with Crippen molar-refractivity contribution in [1.29, 1.82) is 0 Å². The fourth-order valence-corrected chi connectivity index (χ4v) is 6.19. The molecule has 154 valence electrons. The predicted molar refractivity (Wildman–Crippen MR) is 114 cm³/mol. The number of likely N-dealkylation sites (N-methyl/N-ethyl adjacent to an activating group) is 2. The van der Waals surface area contributed by atoms with Gasteiger partial charge in [0.2, 0.25) is 0 Å². The van der Waals surface area contributed by atoms with Crippen LogP contribution in [0.1, 0.15) is 60.8 Å². The Morgan fingerprint density at radius 2 is 1.35 bits per heavy atom. The van der Waals surface area contributed by atoms with Gasteiger partial charge in [-0.3, -0.25) is 14.7 Å². The van der Waals surface area contributed by atoms with E-state index in [0.717, 1.165) is 6.67 Å². The summed E-state index contributed by atoms with van der Waals surface area (Å²) in [6.07, 6.45) is 3.79. The van der Waals surface area contributed by atoms with Gasteiger partial charge < -0.3 is 4.90 Å². The Labute approximate surface area is 163 Å². The van der Waals surface area contributed by atoms with Crippen molar-refractivity contribution in [3.05, 3.63) is 0 Å². The lowest BCUT2D eigenvalue weighted by atomic mass is 9.68. The summed E-state index contributed by atoms with van der Waals surface area (Å²) in [5, 5.41) is 0. The van der Waals surface area contributed by atoms with Crippen LogP contribution >= 0.6 is 0 Å². The van der Waals surface area contributed by atoms with E-state index < -0.39 is 0 Å². The van der Waals surface area contributed by atoms with Crippen LogP contribution in [0.25, 0.3) is 0 Å². The highest BCUT2D eigenvalue weighted by Gasteiger charge is 2.45. The molecule has 4 heteroatoms. The van der Waals surface area contributed by atoms with Gasteiger partial charge in [0.25, 0.3) is 0 Å². The second kappa shape index (κ2) is 7.69. The topological polar surface area (TPSA) is 13.0 Å². The molecule has 0 amide bonds. The van der Waals surface area contributed by atoms with Crippen molar-refractivity contribution in [2.75, 3.05) is 54.5 Å². The molecular weight excluding hydrogens is 320 g/mol. The fourth-order valence-electron chi connectivity index (χ4n) is 6.19. The Morgan fingerprint density at radius 1 is 0.808 bits per heavy atom. The average molecular weight is 367 g/mol. The lowest BCUT2D eigenvalue weighted by molar-refractivity contribution is -0.0339. The summed E-state index contributed by atoms with van der Waals surface area (Å²) in [4.78, 5) is 10.3. The van der Waals surface area contributed by atoms with E-state index in [2.05, 4.69) is 89.3 Å². The molecule has 0 aliphatic carbocycles. The van der Waals surface area contributed by atoms with Crippen LogP contribution in [0.4, 0.5) is 0 Å². The summed E-state index contributed by atoms with van der Waals surface area (Å²) in [5.41, 5.74) is 0.874. The Bertz CT molecular complexity index is 471. The summed E-state index contributed by atoms with van der Waals surface area (Å²) in [6, 6.07) is 1.19. The standard InChI is InChI=1S/C22H46N4/c1-20(2)15-21(3,4)18(11-13-23(7)16-20)26(10)19-12-14-24(8)17-25(9)22(19,5)6/h18-19H,11-17H2,1-10H3. The van der Waals surface area contributed by atoms with E-state index >= 15 is 0 Å². The fraction of sp³-hybridized carbons (Fsp3) is 1.00. The molecule has 2 unspecified atom stereocenters. The van der Waals surface area contributed by atoms with Crippen LogP contribution in [0.3, 0.4) is 0 Å². The van der Waals surface area contributed by atoms with Crippen molar-refractivity contribution in [2.45, 2.75) is 78.4 Å². The molecule has 2 saturated heterocycles. The van der Waals surface area contributed by atoms with Gasteiger partial charge in [0.15, 0.2) is 0 Å². The van der Waals surface area contributed by atoms with Crippen molar-refractivity contribution in [1.82, 2.24) is 19.6 Å². The first-order valence-electron chi connectivity index (χ1n) is 10.6. The minimum absolute atomic E-state index is 0.180. The summed E-state index contributed by atoms with van der Waals surface area (Å²) in [6.45, 7) is 19.5. The number of rotatable bonds is 2. The number of nitrogens with zero attached hydrogens (tertiary/aromatic N) is 4. The summed E-state index contributed by atoms with van der Waals surface area (Å²) >= 11 is 0. The third-order valence-electron chi connectivity index (χ3n) is 7.34. The van der Waals surface area contributed by atoms with Gasteiger partial charge in [-0.25, -0.2) is 0 Å². The van der Waals surface area contributed by atoms with Crippen molar-refractivity contribution >= 4 is 0 Å². The average Bonchev–Trinajstić information content (AvgIpc) is 2.52. The SMILES string of the molecule is CN1CCC(N(C)C2CCN(C)CC(C)(C)CC2(C)C)C(C)(C)N(C)C1. The van der Waals surface area contributed by atoms with E-state index in [4.69, 9.17) is 0 Å². The molecule has 0 aromatic carbocycles. The number of likely N-dealkylation sites (tertiary alicyclic amines) is 1. The van der Waals surface area contributed by atoms with Crippen LogP contribution in [0.15, 0.2) is 0 Å². The highest BCUT2D eigenvalue weighted by Crippen LogP contribution is 2.43. The van der Waals surface area contributed by atoms with Crippen molar-refractivity contribution in [3.63, 3.8) is 0 Å². The summed E-state index contributed by atoms with van der Waals surface area (Å²) in [5.74, 6) is 0. The largest absolute Gasteiger partial charge is 0.306 e. The molecule has 2 fully saturated rings. The van der Waals surface area contributed by atoms with Crippen LogP contribution in [-0.2, 0) is 0 Å². The van der Waals surface area contributed by atoms with Gasteiger partial charge in [0.1, 0.15) is 0 Å². The Kier molecular flexibility index (Phi) is 6.55. The van der Waals surface area contributed by atoms with Gasteiger partial charge >= 0.3 is 0 Å². The molecule has 0 spiro atoms. The zero-order valence-electron chi connectivity index (χ0n) is 19.4. The van der Waals surface area contributed by atoms with Crippen molar-refractivity contribution in [3.8, 4) is 0 Å². The molecule has 2 atom stereocenters. The second-order valence-corrected chi connectivity index (χ2v) is 11.4. The van der Waals surface area contributed by atoms with Gasteiger partial charge in [-0.15, -0.1) is 0 Å². The van der Waals surface area contributed by atoms with Crippen LogP contribution in [0.2, 0.25) is 0 Å². The van der Waals surface area contributed by atoms with E-state index in [0.29, 0.717) is 22.9 Å². The maximum absolute atomic E-state index is 2.77. The lowest BCUT2D eigenvalue weighted by Gasteiger charge is -2.53. The van der Waals surface area contributed by atoms with Gasteiger partial charge in [-0.2, -0.15) is 0 Å². The monoisotopic (exact) mass is 366 g/mol. The number of hydrogen-bond donors (Lipinski definition) is 0. The van der Waals surface area contributed by atoms with Crippen LogP contribution < -0.4 is 0 Å². The van der Waals surface area contributed by atoms with Crippen LogP contribution in [0.5, 0.6) is 0 Å². The maximum atomic E-state index is 2.77. The first-order valence-corrected chi connectivity index (χ1v) is 10.6. The van der Waals surface area contributed by atoms with Crippen LogP contribution in [0, 0.1) is 10.8 Å².